The van der Waals surface area contributed by atoms with Crippen molar-refractivity contribution in [1.82, 2.24) is 9.80 Å². The molecular formula is C31H34F2N2O2. The lowest BCUT2D eigenvalue weighted by atomic mass is 9.87. The molecule has 1 aliphatic carbocycles. The number of hydrogen-bond acceptors (Lipinski definition) is 4. The van der Waals surface area contributed by atoms with Crippen molar-refractivity contribution in [2.45, 2.75) is 43.5 Å². The van der Waals surface area contributed by atoms with E-state index in [0.717, 1.165) is 63.2 Å². The van der Waals surface area contributed by atoms with Crippen LogP contribution in [0.5, 0.6) is 0 Å². The van der Waals surface area contributed by atoms with Crippen molar-refractivity contribution in [2.75, 3.05) is 39.3 Å². The van der Waals surface area contributed by atoms with Crippen molar-refractivity contribution < 1.29 is 18.6 Å². The first-order valence-electron chi connectivity index (χ1n) is 13.4. The molecule has 194 valence electrons. The molecular weight excluding hydrogens is 470 g/mol. The Bertz CT molecular complexity index is 1230. The predicted molar refractivity (Wildman–Crippen MR) is 139 cm³/mol. The molecule has 0 radical (unpaired) electrons. The number of halogens is 2. The van der Waals surface area contributed by atoms with E-state index in [-0.39, 0.29) is 29.8 Å². The van der Waals surface area contributed by atoms with E-state index in [9.17, 15) is 13.9 Å². The SMILES string of the molecule is OC(CCN1CCN(C[C@H]2C[C@@H]3c4ccccc4Cc4ccc(F)cc4[C@H]3O2)CC1)c1ccc(F)cc1. The minimum atomic E-state index is -0.575. The van der Waals surface area contributed by atoms with Crippen LogP contribution in [0.4, 0.5) is 8.78 Å². The van der Waals surface area contributed by atoms with Gasteiger partial charge in [-0.1, -0.05) is 42.5 Å². The fourth-order valence-corrected chi connectivity index (χ4v) is 6.36. The summed E-state index contributed by atoms with van der Waals surface area (Å²) in [5.41, 5.74) is 5.60. The molecule has 0 spiro atoms. The minimum absolute atomic E-state index is 0.103. The van der Waals surface area contributed by atoms with Crippen LogP contribution in [0.25, 0.3) is 0 Å². The molecule has 3 aliphatic rings. The fraction of sp³-hybridized carbons (Fsp3) is 0.419. The molecule has 2 fully saturated rings. The smallest absolute Gasteiger partial charge is 0.123 e. The standard InChI is InChI=1S/C31H34F2N2O2/c32-24-8-5-21(6-9-24)30(36)11-12-34-13-15-35(16-14-34)20-26-19-29-27-4-2-1-3-22(27)17-23-7-10-25(33)18-28(23)31(29)37-26/h1-10,18,26,29-31,36H,11-17,19-20H2/t26-,29-,30?,31-/m1/s1. The van der Waals surface area contributed by atoms with Gasteiger partial charge in [0.25, 0.3) is 0 Å². The van der Waals surface area contributed by atoms with Crippen LogP contribution in [-0.4, -0.2) is 60.3 Å². The maximum absolute atomic E-state index is 14.2. The number of fused-ring (bicyclic) bond motifs is 5. The van der Waals surface area contributed by atoms with E-state index >= 15 is 0 Å². The molecule has 0 amide bonds. The number of hydrogen-bond donors (Lipinski definition) is 1. The van der Waals surface area contributed by atoms with E-state index in [4.69, 9.17) is 4.74 Å². The molecule has 2 saturated heterocycles. The summed E-state index contributed by atoms with van der Waals surface area (Å²) < 4.78 is 34.1. The second-order valence-corrected chi connectivity index (χ2v) is 10.7. The van der Waals surface area contributed by atoms with E-state index in [1.807, 2.05) is 6.07 Å². The molecule has 2 heterocycles. The number of benzene rings is 3. The first kappa shape index (κ1) is 24.7. The highest BCUT2D eigenvalue weighted by molar-refractivity contribution is 5.45. The first-order valence-corrected chi connectivity index (χ1v) is 13.4. The van der Waals surface area contributed by atoms with E-state index in [0.29, 0.717) is 6.42 Å². The topological polar surface area (TPSA) is 35.9 Å². The summed E-state index contributed by atoms with van der Waals surface area (Å²) >= 11 is 0. The number of nitrogens with zero attached hydrogens (tertiary/aromatic N) is 2. The molecule has 0 bridgehead atoms. The molecule has 4 nitrogen and oxygen atoms in total. The largest absolute Gasteiger partial charge is 0.388 e. The van der Waals surface area contributed by atoms with Crippen LogP contribution in [0.3, 0.4) is 0 Å². The summed E-state index contributed by atoms with van der Waals surface area (Å²) in [5, 5.41) is 10.5. The Morgan fingerprint density at radius 2 is 1.54 bits per heavy atom. The molecule has 3 aromatic carbocycles. The van der Waals surface area contributed by atoms with Gasteiger partial charge >= 0.3 is 0 Å². The van der Waals surface area contributed by atoms with Crippen molar-refractivity contribution >= 4 is 0 Å². The second kappa shape index (κ2) is 10.6. The van der Waals surface area contributed by atoms with Crippen LogP contribution in [0.2, 0.25) is 0 Å². The first-order chi connectivity index (χ1) is 18.0. The van der Waals surface area contributed by atoms with Crippen molar-refractivity contribution in [2.24, 2.45) is 0 Å². The normalized spacial score (nSPS) is 24.7. The lowest BCUT2D eigenvalue weighted by molar-refractivity contribution is 0.00793. The van der Waals surface area contributed by atoms with Crippen molar-refractivity contribution in [1.29, 1.82) is 0 Å². The van der Waals surface area contributed by atoms with Gasteiger partial charge in [0.15, 0.2) is 0 Å². The summed E-state index contributed by atoms with van der Waals surface area (Å²) in [6, 6.07) is 19.9. The highest BCUT2D eigenvalue weighted by Crippen LogP contribution is 2.49. The molecule has 2 aliphatic heterocycles. The van der Waals surface area contributed by atoms with Gasteiger partial charge in [-0.05, 0) is 71.3 Å². The van der Waals surface area contributed by atoms with Gasteiger partial charge in [0.1, 0.15) is 11.6 Å². The Morgan fingerprint density at radius 3 is 2.35 bits per heavy atom. The van der Waals surface area contributed by atoms with Gasteiger partial charge in [0, 0.05) is 45.2 Å². The Hall–Kier alpha value is -2.64. The van der Waals surface area contributed by atoms with Gasteiger partial charge in [-0.2, -0.15) is 0 Å². The number of rotatable bonds is 6. The molecule has 6 heteroatoms. The van der Waals surface area contributed by atoms with Gasteiger partial charge in [0.2, 0.25) is 0 Å². The average molecular weight is 505 g/mol. The van der Waals surface area contributed by atoms with Crippen molar-refractivity contribution in [3.8, 4) is 0 Å². The van der Waals surface area contributed by atoms with Crippen LogP contribution in [0.15, 0.2) is 66.7 Å². The summed E-state index contributed by atoms with van der Waals surface area (Å²) in [6.45, 7) is 5.52. The molecule has 6 rings (SSSR count). The average Bonchev–Trinajstić information content (AvgIpc) is 3.28. The summed E-state index contributed by atoms with van der Waals surface area (Å²) in [7, 11) is 0. The quantitative estimate of drug-likeness (QED) is 0.499. The zero-order valence-corrected chi connectivity index (χ0v) is 21.0. The third-order valence-corrected chi connectivity index (χ3v) is 8.37. The summed E-state index contributed by atoms with van der Waals surface area (Å²) in [5.74, 6) is -0.233. The Balaban J connectivity index is 1.06. The zero-order chi connectivity index (χ0) is 25.4. The van der Waals surface area contributed by atoms with E-state index in [1.165, 1.54) is 28.8 Å². The molecule has 37 heavy (non-hydrogen) atoms. The molecule has 3 aromatic rings. The number of piperazine rings is 1. The lowest BCUT2D eigenvalue weighted by Gasteiger charge is -2.36. The third-order valence-electron chi connectivity index (χ3n) is 8.37. The van der Waals surface area contributed by atoms with Crippen molar-refractivity contribution in [3.63, 3.8) is 0 Å². The molecule has 4 atom stereocenters. The van der Waals surface area contributed by atoms with Crippen LogP contribution in [0.1, 0.15) is 58.8 Å². The van der Waals surface area contributed by atoms with Gasteiger partial charge in [-0.25, -0.2) is 8.78 Å². The van der Waals surface area contributed by atoms with Crippen LogP contribution < -0.4 is 0 Å². The molecule has 1 N–H and O–H groups in total. The maximum Gasteiger partial charge on any atom is 0.123 e. The van der Waals surface area contributed by atoms with E-state index < -0.39 is 6.10 Å². The highest BCUT2D eigenvalue weighted by Gasteiger charge is 2.41. The molecule has 1 unspecified atom stereocenters. The lowest BCUT2D eigenvalue weighted by Crippen LogP contribution is -2.48. The Morgan fingerprint density at radius 1 is 0.838 bits per heavy atom. The monoisotopic (exact) mass is 504 g/mol. The van der Waals surface area contributed by atoms with Gasteiger partial charge in [-0.15, -0.1) is 0 Å². The number of aliphatic hydroxyl groups is 1. The minimum Gasteiger partial charge on any atom is -0.388 e. The Labute approximate surface area is 217 Å². The predicted octanol–water partition coefficient (Wildman–Crippen LogP) is 5.22. The van der Waals surface area contributed by atoms with Gasteiger partial charge in [-0.3, -0.25) is 4.90 Å². The van der Waals surface area contributed by atoms with Crippen molar-refractivity contribution in [3.05, 3.63) is 106 Å². The third kappa shape index (κ3) is 5.34. The van der Waals surface area contributed by atoms with Gasteiger partial charge in [0.05, 0.1) is 18.3 Å². The maximum atomic E-state index is 14.2. The van der Waals surface area contributed by atoms with Crippen LogP contribution in [0, 0.1) is 11.6 Å². The number of aliphatic hydroxyl groups excluding tert-OH is 1. The van der Waals surface area contributed by atoms with Crippen LogP contribution >= 0.6 is 0 Å². The summed E-state index contributed by atoms with van der Waals surface area (Å²) in [6.07, 6.45) is 1.84. The van der Waals surface area contributed by atoms with E-state index in [2.05, 4.69) is 34.1 Å². The zero-order valence-electron chi connectivity index (χ0n) is 21.0. The molecule has 0 aromatic heterocycles. The Kier molecular flexibility index (Phi) is 7.08. The second-order valence-electron chi connectivity index (χ2n) is 10.7. The molecule has 0 saturated carbocycles. The highest BCUT2D eigenvalue weighted by atomic mass is 19.1. The summed E-state index contributed by atoms with van der Waals surface area (Å²) in [4.78, 5) is 4.86. The van der Waals surface area contributed by atoms with E-state index in [1.54, 1.807) is 24.3 Å². The fourth-order valence-electron chi connectivity index (χ4n) is 6.36. The number of ether oxygens (including phenoxy) is 1. The van der Waals surface area contributed by atoms with Gasteiger partial charge < -0.3 is 14.7 Å². The van der Waals surface area contributed by atoms with Crippen LogP contribution in [-0.2, 0) is 11.2 Å².